The average molecular weight is 443 g/mol. The first kappa shape index (κ1) is 17.2. The topological polar surface area (TPSA) is 79.7 Å². The summed E-state index contributed by atoms with van der Waals surface area (Å²) in [5.41, 5.74) is 0.950. The van der Waals surface area contributed by atoms with E-state index in [1.807, 2.05) is 30.3 Å². The predicted molar refractivity (Wildman–Crippen MR) is 83.4 cm³/mol. The number of carbonyl (C=O) groups excluding carboxylic acids is 2. The summed E-state index contributed by atoms with van der Waals surface area (Å²) in [4.78, 5) is 25.2. The summed E-state index contributed by atoms with van der Waals surface area (Å²) in [6.07, 6.45) is 1.76. The van der Waals surface area contributed by atoms with Crippen LogP contribution in [0.15, 0.2) is 30.3 Å². The van der Waals surface area contributed by atoms with Gasteiger partial charge in [-0.3, -0.25) is 0 Å². The third kappa shape index (κ3) is 4.25. The quantitative estimate of drug-likeness (QED) is 0.279. The summed E-state index contributed by atoms with van der Waals surface area (Å²) in [5, 5.41) is 8.37. The second kappa shape index (κ2) is 7.96. The van der Waals surface area contributed by atoms with Crippen LogP contribution in [-0.4, -0.2) is 43.8 Å². The van der Waals surface area contributed by atoms with Crippen molar-refractivity contribution in [3.8, 4) is 0 Å². The Morgan fingerprint density at radius 3 is 2.88 bits per heavy atom. The summed E-state index contributed by atoms with van der Waals surface area (Å²) in [6, 6.07) is 9.40. The first-order valence-electron chi connectivity index (χ1n) is 7.98. The zero-order valence-corrected chi connectivity index (χ0v) is 15.4. The Labute approximate surface area is 151 Å². The number of likely N-dealkylation sites (tertiary alicyclic amines) is 1. The first-order chi connectivity index (χ1) is 11.6. The molecule has 2 aliphatic heterocycles. The van der Waals surface area contributed by atoms with E-state index in [0.717, 1.165) is 18.4 Å². The third-order valence-corrected chi connectivity index (χ3v) is 7.14. The number of rotatable bonds is 5. The second-order valence-electron chi connectivity index (χ2n) is 5.83. The van der Waals surface area contributed by atoms with Crippen molar-refractivity contribution in [2.75, 3.05) is 13.2 Å². The molecule has 130 valence electrons. The number of ether oxygens (including phenoxy) is 2. The van der Waals surface area contributed by atoms with Crippen LogP contribution in [0.1, 0.15) is 24.8 Å². The molecule has 6 nitrogen and oxygen atoms in total. The molecule has 1 N–H and O–H groups in total. The number of carbonyl (C=O) groups is 2. The van der Waals surface area contributed by atoms with Crippen molar-refractivity contribution < 1.29 is 40.3 Å². The van der Waals surface area contributed by atoms with E-state index in [1.54, 1.807) is 4.90 Å². The Kier molecular flexibility index (Phi) is 5.70. The van der Waals surface area contributed by atoms with E-state index in [9.17, 15) is 9.59 Å². The van der Waals surface area contributed by atoms with Gasteiger partial charge in [0, 0.05) is 0 Å². The summed E-state index contributed by atoms with van der Waals surface area (Å²) >= 11 is -0.601. The molecule has 0 saturated carbocycles. The van der Waals surface area contributed by atoms with Gasteiger partial charge in [-0.25, -0.2) is 0 Å². The normalized spacial score (nSPS) is 23.3. The van der Waals surface area contributed by atoms with Gasteiger partial charge in [0.25, 0.3) is 0 Å². The van der Waals surface area contributed by atoms with Crippen molar-refractivity contribution in [1.29, 1.82) is 5.41 Å². The Balaban J connectivity index is 1.53. The number of amides is 1. The molecule has 0 spiro atoms. The molecular weight excluding hydrogens is 423 g/mol. The molecule has 3 rings (SSSR count). The van der Waals surface area contributed by atoms with E-state index >= 15 is 0 Å². The number of alkyl halides is 1. The molecule has 1 aromatic carbocycles. The number of halogens is 1. The van der Waals surface area contributed by atoms with Gasteiger partial charge in [-0.15, -0.1) is 0 Å². The van der Waals surface area contributed by atoms with E-state index in [1.165, 1.54) is 0 Å². The Hall–Kier alpha value is -1.64. The maximum absolute atomic E-state index is 12.4. The summed E-state index contributed by atoms with van der Waals surface area (Å²) in [5.74, 6) is -0.168. The second-order valence-corrected chi connectivity index (χ2v) is 9.38. The van der Waals surface area contributed by atoms with Gasteiger partial charge in [-0.2, -0.15) is 0 Å². The fraction of sp³-hybridized carbons (Fsp3) is 0.471. The molecule has 7 heteroatoms. The molecule has 0 bridgehead atoms. The van der Waals surface area contributed by atoms with E-state index in [-0.39, 0.29) is 28.6 Å². The minimum absolute atomic E-state index is 0.168. The minimum atomic E-state index is -0.601. The molecule has 0 unspecified atom stereocenters. The molecule has 2 fully saturated rings. The molecule has 0 aromatic heterocycles. The number of nitrogens with one attached hydrogen (secondary N) is 1. The van der Waals surface area contributed by atoms with Crippen LogP contribution in [0.3, 0.4) is 0 Å². The van der Waals surface area contributed by atoms with Crippen LogP contribution >= 0.6 is 0 Å². The summed E-state index contributed by atoms with van der Waals surface area (Å²) in [6.45, 7) is 1.31. The Morgan fingerprint density at radius 1 is 1.38 bits per heavy atom. The summed E-state index contributed by atoms with van der Waals surface area (Å²) < 4.78 is 11.2. The summed E-state index contributed by atoms with van der Waals surface area (Å²) in [7, 11) is 0. The SMILES string of the molecule is N=C([I-][C@@H]1COC(=O)C1)[C@@H]1CCCN1C(=O)OCc1ccccc1. The van der Waals surface area contributed by atoms with Gasteiger partial charge in [0.15, 0.2) is 0 Å². The van der Waals surface area contributed by atoms with Gasteiger partial charge in [-0.05, 0) is 0 Å². The fourth-order valence-electron chi connectivity index (χ4n) is 2.84. The van der Waals surface area contributed by atoms with Crippen LogP contribution in [0.25, 0.3) is 0 Å². The van der Waals surface area contributed by atoms with Crippen LogP contribution in [0.4, 0.5) is 4.79 Å². The van der Waals surface area contributed by atoms with Crippen LogP contribution in [-0.2, 0) is 20.9 Å². The zero-order chi connectivity index (χ0) is 16.9. The van der Waals surface area contributed by atoms with Crippen molar-refractivity contribution in [2.45, 2.75) is 35.8 Å². The number of nitrogens with zero attached hydrogens (tertiary/aromatic N) is 1. The van der Waals surface area contributed by atoms with E-state index < -0.39 is 21.2 Å². The van der Waals surface area contributed by atoms with Crippen LogP contribution in [0.2, 0.25) is 0 Å². The average Bonchev–Trinajstić information content (AvgIpc) is 3.22. The number of esters is 1. The standard InChI is InChI=1S/C17H20IN2O4/c19-16(18-13-9-15(21)23-11-13)14-7-4-8-20(14)17(22)24-10-12-5-2-1-3-6-12/h1-3,5-6,13-14,19H,4,7-11H2/q-1/t13-,14-/m0/s1. The molecule has 0 radical (unpaired) electrons. The van der Waals surface area contributed by atoms with E-state index in [4.69, 9.17) is 14.9 Å². The molecule has 2 atom stereocenters. The van der Waals surface area contributed by atoms with Gasteiger partial charge in [-0.1, -0.05) is 0 Å². The zero-order valence-electron chi connectivity index (χ0n) is 13.2. The Bertz CT molecular complexity index is 622. The molecule has 2 saturated heterocycles. The van der Waals surface area contributed by atoms with Crippen molar-refractivity contribution in [3.05, 3.63) is 35.9 Å². The van der Waals surface area contributed by atoms with E-state index in [2.05, 4.69) is 0 Å². The van der Waals surface area contributed by atoms with Gasteiger partial charge in [0.1, 0.15) is 0 Å². The number of hydrogen-bond acceptors (Lipinski definition) is 5. The van der Waals surface area contributed by atoms with Crippen LogP contribution < -0.4 is 21.2 Å². The number of cyclic esters (lactones) is 1. The molecule has 0 aliphatic carbocycles. The van der Waals surface area contributed by atoms with Crippen molar-refractivity contribution in [2.24, 2.45) is 0 Å². The van der Waals surface area contributed by atoms with Crippen molar-refractivity contribution >= 4 is 15.8 Å². The fourth-order valence-corrected chi connectivity index (χ4v) is 5.79. The molecule has 2 heterocycles. The number of hydrogen-bond donors (Lipinski definition) is 1. The predicted octanol–water partition coefficient (Wildman–Crippen LogP) is -0.831. The van der Waals surface area contributed by atoms with Gasteiger partial charge >= 0.3 is 151 Å². The van der Waals surface area contributed by atoms with Crippen molar-refractivity contribution in [1.82, 2.24) is 4.90 Å². The third-order valence-electron chi connectivity index (χ3n) is 4.07. The molecular formula is C17H20IN2O4-. The molecule has 1 amide bonds. The monoisotopic (exact) mass is 443 g/mol. The molecule has 2 aliphatic rings. The maximum atomic E-state index is 12.4. The molecule has 24 heavy (non-hydrogen) atoms. The van der Waals surface area contributed by atoms with Crippen LogP contribution in [0.5, 0.6) is 0 Å². The van der Waals surface area contributed by atoms with E-state index in [0.29, 0.717) is 23.3 Å². The van der Waals surface area contributed by atoms with Crippen molar-refractivity contribution in [3.63, 3.8) is 0 Å². The van der Waals surface area contributed by atoms with Gasteiger partial charge in [0.2, 0.25) is 0 Å². The van der Waals surface area contributed by atoms with Gasteiger partial charge < -0.3 is 0 Å². The van der Waals surface area contributed by atoms with Gasteiger partial charge in [0.05, 0.1) is 0 Å². The molecule has 1 aromatic rings. The van der Waals surface area contributed by atoms with Crippen LogP contribution in [0, 0.1) is 5.41 Å². The number of benzene rings is 1. The Morgan fingerprint density at radius 2 is 2.17 bits per heavy atom. The first-order valence-corrected chi connectivity index (χ1v) is 10.3.